The molecule has 1 aliphatic heterocycles. The highest BCUT2D eigenvalue weighted by Gasteiger charge is 2.34. The van der Waals surface area contributed by atoms with Crippen LogP contribution >= 0.6 is 0 Å². The van der Waals surface area contributed by atoms with E-state index in [0.717, 1.165) is 28.3 Å². The van der Waals surface area contributed by atoms with Gasteiger partial charge in [0.15, 0.2) is 0 Å². The first-order chi connectivity index (χ1) is 12.6. The average molecular weight is 347 g/mol. The number of hydrogen-bond acceptors (Lipinski definition) is 3. The Morgan fingerprint density at radius 2 is 1.77 bits per heavy atom. The molecule has 1 aromatic heterocycles. The van der Waals surface area contributed by atoms with Gasteiger partial charge in [-0.1, -0.05) is 18.2 Å². The minimum absolute atomic E-state index is 0.0397. The second kappa shape index (κ2) is 6.26. The van der Waals surface area contributed by atoms with E-state index in [-0.39, 0.29) is 12.1 Å². The highest BCUT2D eigenvalue weighted by molar-refractivity contribution is 6.01. The largest absolute Gasteiger partial charge is 0.497 e. The zero-order valence-corrected chi connectivity index (χ0v) is 15.1. The zero-order valence-electron chi connectivity index (χ0n) is 15.1. The Morgan fingerprint density at radius 1 is 0.962 bits per heavy atom. The topological polar surface area (TPSA) is 37.7 Å². The van der Waals surface area contributed by atoms with Gasteiger partial charge in [-0.3, -0.25) is 4.79 Å². The zero-order chi connectivity index (χ0) is 18.3. The van der Waals surface area contributed by atoms with Crippen LogP contribution in [-0.4, -0.2) is 36.6 Å². The van der Waals surface area contributed by atoms with Gasteiger partial charge in [0.1, 0.15) is 11.9 Å². The lowest BCUT2D eigenvalue weighted by Crippen LogP contribution is -2.45. The van der Waals surface area contributed by atoms with E-state index in [4.69, 9.17) is 4.74 Å². The van der Waals surface area contributed by atoms with E-state index >= 15 is 0 Å². The van der Waals surface area contributed by atoms with Gasteiger partial charge in [-0.15, -0.1) is 0 Å². The Bertz CT molecular complexity index is 963. The molecule has 1 atom stereocenters. The van der Waals surface area contributed by atoms with Crippen LogP contribution in [0.2, 0.25) is 0 Å². The Labute approximate surface area is 153 Å². The van der Waals surface area contributed by atoms with Crippen molar-refractivity contribution in [1.82, 2.24) is 9.47 Å². The molecule has 132 valence electrons. The molecule has 0 bridgehead atoms. The van der Waals surface area contributed by atoms with Crippen LogP contribution < -0.4 is 9.64 Å². The summed E-state index contributed by atoms with van der Waals surface area (Å²) in [5, 5.41) is 0. The molecule has 1 amide bonds. The molecule has 1 aliphatic rings. The first-order valence-electron chi connectivity index (χ1n) is 8.51. The summed E-state index contributed by atoms with van der Waals surface area (Å²) in [6.45, 7) is 0. The third-order valence-electron chi connectivity index (χ3n) is 4.93. The van der Waals surface area contributed by atoms with Crippen molar-refractivity contribution < 1.29 is 9.53 Å². The summed E-state index contributed by atoms with van der Waals surface area (Å²) >= 11 is 0. The molecule has 2 heterocycles. The number of hydrogen-bond donors (Lipinski definition) is 0. The fourth-order valence-electron chi connectivity index (χ4n) is 3.60. The molecule has 2 aromatic carbocycles. The van der Waals surface area contributed by atoms with Crippen LogP contribution in [0.1, 0.15) is 22.1 Å². The molecule has 26 heavy (non-hydrogen) atoms. The van der Waals surface area contributed by atoms with Crippen LogP contribution in [-0.2, 0) is 0 Å². The molecular formula is C21H21N3O2. The van der Waals surface area contributed by atoms with Crippen LogP contribution in [0.4, 0.5) is 5.69 Å². The Hall–Kier alpha value is -3.21. The van der Waals surface area contributed by atoms with Gasteiger partial charge in [-0.2, -0.15) is 0 Å². The highest BCUT2D eigenvalue weighted by atomic mass is 16.5. The van der Waals surface area contributed by atoms with Gasteiger partial charge in [0, 0.05) is 43.8 Å². The second-order valence-corrected chi connectivity index (χ2v) is 6.47. The van der Waals surface area contributed by atoms with Gasteiger partial charge in [-0.25, -0.2) is 0 Å². The predicted molar refractivity (Wildman–Crippen MR) is 102 cm³/mol. The maximum Gasteiger partial charge on any atom is 0.257 e. The van der Waals surface area contributed by atoms with Crippen LogP contribution in [0.25, 0.3) is 5.69 Å². The average Bonchev–Trinajstić information content (AvgIpc) is 3.16. The molecule has 0 saturated carbocycles. The number of carbonyl (C=O) groups excluding carboxylic acids is 1. The SMILES string of the molecule is COc1cccc(-n2ccc([C@@H]3N(C)C(=O)c4ccccc4N3C)c2)c1. The highest BCUT2D eigenvalue weighted by Crippen LogP contribution is 2.36. The molecule has 0 fully saturated rings. The van der Waals surface area contributed by atoms with E-state index in [9.17, 15) is 4.79 Å². The first kappa shape index (κ1) is 16.3. The number of aromatic nitrogens is 1. The van der Waals surface area contributed by atoms with E-state index in [2.05, 4.69) is 17.2 Å². The van der Waals surface area contributed by atoms with Gasteiger partial charge in [0.25, 0.3) is 5.91 Å². The normalized spacial score (nSPS) is 16.6. The van der Waals surface area contributed by atoms with Crippen LogP contribution in [0.5, 0.6) is 5.75 Å². The Kier molecular flexibility index (Phi) is 3.92. The van der Waals surface area contributed by atoms with Gasteiger partial charge >= 0.3 is 0 Å². The molecule has 5 heteroatoms. The number of nitrogens with zero attached hydrogens (tertiary/aromatic N) is 3. The minimum atomic E-state index is -0.149. The number of carbonyl (C=O) groups is 1. The van der Waals surface area contributed by atoms with Gasteiger partial charge < -0.3 is 19.1 Å². The van der Waals surface area contributed by atoms with Crippen molar-refractivity contribution in [2.24, 2.45) is 0 Å². The molecule has 0 radical (unpaired) electrons. The number of benzene rings is 2. The maximum atomic E-state index is 12.8. The summed E-state index contributed by atoms with van der Waals surface area (Å²) in [6, 6.07) is 17.7. The van der Waals surface area contributed by atoms with Gasteiger partial charge in [0.2, 0.25) is 0 Å². The summed E-state index contributed by atoms with van der Waals surface area (Å²) in [5.41, 5.74) is 3.76. The lowest BCUT2D eigenvalue weighted by molar-refractivity contribution is 0.0711. The van der Waals surface area contributed by atoms with E-state index in [0.29, 0.717) is 0 Å². The van der Waals surface area contributed by atoms with Crippen LogP contribution in [0, 0.1) is 0 Å². The molecule has 5 nitrogen and oxygen atoms in total. The lowest BCUT2D eigenvalue weighted by atomic mass is 10.0. The van der Waals surface area contributed by atoms with E-state index < -0.39 is 0 Å². The summed E-state index contributed by atoms with van der Waals surface area (Å²) in [5.74, 6) is 0.853. The second-order valence-electron chi connectivity index (χ2n) is 6.47. The van der Waals surface area contributed by atoms with Crippen LogP contribution in [0.3, 0.4) is 0 Å². The number of para-hydroxylation sites is 1. The van der Waals surface area contributed by atoms with E-state index in [1.807, 2.05) is 73.4 Å². The van der Waals surface area contributed by atoms with Crippen molar-refractivity contribution in [3.8, 4) is 11.4 Å². The van der Waals surface area contributed by atoms with Crippen molar-refractivity contribution in [2.75, 3.05) is 26.1 Å². The number of anilines is 1. The number of fused-ring (bicyclic) bond motifs is 1. The minimum Gasteiger partial charge on any atom is -0.497 e. The van der Waals surface area contributed by atoms with E-state index in [1.165, 1.54) is 0 Å². The third kappa shape index (κ3) is 2.52. The molecule has 0 spiro atoms. The molecule has 3 aromatic rings. The van der Waals surface area contributed by atoms with E-state index in [1.54, 1.807) is 12.0 Å². The predicted octanol–water partition coefficient (Wildman–Crippen LogP) is 3.71. The summed E-state index contributed by atoms with van der Waals surface area (Å²) in [4.78, 5) is 16.7. The molecular weight excluding hydrogens is 326 g/mol. The smallest absolute Gasteiger partial charge is 0.257 e. The van der Waals surface area contributed by atoms with Crippen molar-refractivity contribution in [2.45, 2.75) is 6.17 Å². The fraction of sp³-hybridized carbons (Fsp3) is 0.190. The monoisotopic (exact) mass is 347 g/mol. The van der Waals surface area contributed by atoms with Crippen molar-refractivity contribution in [3.05, 3.63) is 78.1 Å². The number of rotatable bonds is 3. The molecule has 0 aliphatic carbocycles. The standard InChI is InChI=1S/C21H21N3O2/c1-22-19-10-5-4-9-18(19)21(25)23(2)20(22)15-11-12-24(14-15)16-7-6-8-17(13-16)26-3/h4-14,20H,1-3H3/t20-/m0/s1. The van der Waals surface area contributed by atoms with Crippen molar-refractivity contribution in [3.63, 3.8) is 0 Å². The van der Waals surface area contributed by atoms with Gasteiger partial charge in [-0.05, 0) is 30.3 Å². The fourth-order valence-corrected chi connectivity index (χ4v) is 3.60. The summed E-state index contributed by atoms with van der Waals surface area (Å²) in [7, 11) is 5.53. The van der Waals surface area contributed by atoms with Crippen molar-refractivity contribution >= 4 is 11.6 Å². The summed E-state index contributed by atoms with van der Waals surface area (Å²) < 4.78 is 7.36. The number of ether oxygens (including phenoxy) is 1. The Morgan fingerprint density at radius 3 is 2.58 bits per heavy atom. The molecule has 4 rings (SSSR count). The van der Waals surface area contributed by atoms with Gasteiger partial charge in [0.05, 0.1) is 18.4 Å². The van der Waals surface area contributed by atoms with Crippen molar-refractivity contribution in [1.29, 1.82) is 0 Å². The molecule has 0 unspecified atom stereocenters. The molecule has 0 saturated heterocycles. The number of methoxy groups -OCH3 is 1. The van der Waals surface area contributed by atoms with Crippen LogP contribution in [0.15, 0.2) is 67.0 Å². The number of amides is 1. The summed E-state index contributed by atoms with van der Waals surface area (Å²) in [6.07, 6.45) is 3.93. The maximum absolute atomic E-state index is 12.8. The third-order valence-corrected chi connectivity index (χ3v) is 4.93. The Balaban J connectivity index is 1.72. The quantitative estimate of drug-likeness (QED) is 0.725. The molecule has 0 N–H and O–H groups in total. The first-order valence-corrected chi connectivity index (χ1v) is 8.51. The lowest BCUT2D eigenvalue weighted by Gasteiger charge is -2.41.